The first kappa shape index (κ1) is 15.2. The summed E-state index contributed by atoms with van der Waals surface area (Å²) in [5.74, 6) is -1.78. The second-order valence-electron chi connectivity index (χ2n) is 3.54. The van der Waals surface area contributed by atoms with E-state index >= 15 is 0 Å². The molecule has 0 aliphatic carbocycles. The van der Waals surface area contributed by atoms with Gasteiger partial charge in [-0.3, -0.25) is 9.59 Å². The van der Waals surface area contributed by atoms with Crippen molar-refractivity contribution in [3.05, 3.63) is 0 Å². The molecule has 0 aromatic carbocycles. The summed E-state index contributed by atoms with van der Waals surface area (Å²) in [7, 11) is 1.27. The molecule has 98 valence electrons. The Kier molecular flexibility index (Phi) is 7.49. The molecule has 3 N–H and O–H groups in total. The topological polar surface area (TPSA) is 105 Å². The highest BCUT2D eigenvalue weighted by Crippen LogP contribution is 1.99. The first-order chi connectivity index (χ1) is 7.97. The van der Waals surface area contributed by atoms with Gasteiger partial charge in [0.2, 0.25) is 0 Å². The lowest BCUT2D eigenvalue weighted by molar-refractivity contribution is -0.141. The zero-order valence-electron chi connectivity index (χ0n) is 9.99. The third kappa shape index (κ3) is 8.06. The van der Waals surface area contributed by atoms with Gasteiger partial charge in [-0.1, -0.05) is 6.92 Å². The molecule has 0 aliphatic rings. The predicted molar refractivity (Wildman–Crippen MR) is 59.5 cm³/mol. The quantitative estimate of drug-likeness (QED) is 0.547. The molecule has 7 nitrogen and oxygen atoms in total. The number of rotatable bonds is 7. The van der Waals surface area contributed by atoms with Crippen molar-refractivity contribution < 1.29 is 24.2 Å². The average Bonchev–Trinajstić information content (AvgIpc) is 2.28. The van der Waals surface area contributed by atoms with E-state index in [-0.39, 0.29) is 19.5 Å². The Labute approximate surface area is 99.5 Å². The van der Waals surface area contributed by atoms with Crippen molar-refractivity contribution in [2.45, 2.75) is 19.8 Å². The summed E-state index contributed by atoms with van der Waals surface area (Å²) in [6, 6.07) is -0.425. The number of amides is 2. The van der Waals surface area contributed by atoms with Gasteiger partial charge in [-0.15, -0.1) is 0 Å². The molecule has 0 radical (unpaired) electrons. The minimum absolute atomic E-state index is 0.107. The fraction of sp³-hybridized carbons (Fsp3) is 0.700. The smallest absolute Gasteiger partial charge is 0.314 e. The van der Waals surface area contributed by atoms with Gasteiger partial charge < -0.3 is 20.5 Å². The number of hydrogen-bond donors (Lipinski definition) is 3. The Balaban J connectivity index is 3.53. The van der Waals surface area contributed by atoms with E-state index in [1.54, 1.807) is 6.92 Å². The highest BCUT2D eigenvalue weighted by molar-refractivity contribution is 5.75. The van der Waals surface area contributed by atoms with Gasteiger partial charge in [0.25, 0.3) is 0 Å². The Morgan fingerprint density at radius 3 is 2.35 bits per heavy atom. The highest BCUT2D eigenvalue weighted by Gasteiger charge is 2.10. The van der Waals surface area contributed by atoms with Crippen molar-refractivity contribution in [2.24, 2.45) is 5.92 Å². The van der Waals surface area contributed by atoms with Crippen LogP contribution in [0.15, 0.2) is 0 Å². The Morgan fingerprint density at radius 2 is 1.82 bits per heavy atom. The van der Waals surface area contributed by atoms with Gasteiger partial charge in [0.05, 0.1) is 19.4 Å². The largest absolute Gasteiger partial charge is 0.481 e. The minimum Gasteiger partial charge on any atom is -0.481 e. The van der Waals surface area contributed by atoms with Gasteiger partial charge in [-0.05, 0) is 6.42 Å². The van der Waals surface area contributed by atoms with Crippen LogP contribution in [0.5, 0.6) is 0 Å². The van der Waals surface area contributed by atoms with Crippen LogP contribution in [0.2, 0.25) is 0 Å². The summed E-state index contributed by atoms with van der Waals surface area (Å²) in [6.07, 6.45) is 0.467. The van der Waals surface area contributed by atoms with E-state index in [0.717, 1.165) is 0 Å². The van der Waals surface area contributed by atoms with Crippen molar-refractivity contribution in [1.82, 2.24) is 10.6 Å². The molecule has 0 saturated heterocycles. The average molecular weight is 246 g/mol. The molecule has 0 spiro atoms. The third-order valence-electron chi connectivity index (χ3n) is 2.13. The van der Waals surface area contributed by atoms with Gasteiger partial charge in [0, 0.05) is 13.1 Å². The molecule has 1 unspecified atom stereocenters. The molecule has 0 rings (SSSR count). The van der Waals surface area contributed by atoms with Crippen LogP contribution in [0.1, 0.15) is 19.8 Å². The number of urea groups is 1. The summed E-state index contributed by atoms with van der Waals surface area (Å²) in [4.78, 5) is 32.3. The molecule has 0 fully saturated rings. The SMILES string of the molecule is COC(=O)CCNC(=O)NCCC(C)C(=O)O. The number of hydrogen-bond acceptors (Lipinski definition) is 4. The zero-order valence-corrected chi connectivity index (χ0v) is 9.99. The van der Waals surface area contributed by atoms with E-state index in [2.05, 4.69) is 15.4 Å². The van der Waals surface area contributed by atoms with Crippen molar-refractivity contribution >= 4 is 18.0 Å². The second-order valence-corrected chi connectivity index (χ2v) is 3.54. The van der Waals surface area contributed by atoms with Gasteiger partial charge in [-0.2, -0.15) is 0 Å². The number of esters is 1. The Hall–Kier alpha value is -1.79. The van der Waals surface area contributed by atoms with E-state index in [1.165, 1.54) is 7.11 Å². The molecule has 7 heteroatoms. The molecule has 17 heavy (non-hydrogen) atoms. The number of aliphatic carboxylic acids is 1. The van der Waals surface area contributed by atoms with Crippen LogP contribution in [-0.2, 0) is 14.3 Å². The maximum Gasteiger partial charge on any atom is 0.314 e. The van der Waals surface area contributed by atoms with E-state index in [0.29, 0.717) is 6.42 Å². The number of nitrogens with one attached hydrogen (secondary N) is 2. The van der Waals surface area contributed by atoms with Crippen LogP contribution < -0.4 is 10.6 Å². The van der Waals surface area contributed by atoms with Crippen LogP contribution in [0.4, 0.5) is 4.79 Å². The minimum atomic E-state index is -0.891. The molecular formula is C10H18N2O5. The van der Waals surface area contributed by atoms with Crippen LogP contribution in [0.3, 0.4) is 0 Å². The van der Waals surface area contributed by atoms with Gasteiger partial charge in [-0.25, -0.2) is 4.79 Å². The van der Waals surface area contributed by atoms with Crippen molar-refractivity contribution in [2.75, 3.05) is 20.2 Å². The Bertz CT molecular complexity index is 280. The maximum atomic E-state index is 11.1. The lowest BCUT2D eigenvalue weighted by Crippen LogP contribution is -2.37. The first-order valence-corrected chi connectivity index (χ1v) is 5.28. The van der Waals surface area contributed by atoms with E-state index in [1.807, 2.05) is 0 Å². The third-order valence-corrected chi connectivity index (χ3v) is 2.13. The zero-order chi connectivity index (χ0) is 13.3. The predicted octanol–water partition coefficient (Wildman–Crippen LogP) is -0.0405. The molecule has 0 heterocycles. The van der Waals surface area contributed by atoms with Crippen molar-refractivity contribution in [3.8, 4) is 0 Å². The Morgan fingerprint density at radius 1 is 1.24 bits per heavy atom. The van der Waals surface area contributed by atoms with E-state index < -0.39 is 23.9 Å². The first-order valence-electron chi connectivity index (χ1n) is 5.28. The standard InChI is InChI=1S/C10H18N2O5/c1-7(9(14)15)3-5-11-10(16)12-6-4-8(13)17-2/h7H,3-6H2,1-2H3,(H,14,15)(H2,11,12,16). The number of carboxylic acids is 1. The summed E-state index contributed by atoms with van der Waals surface area (Å²) >= 11 is 0. The fourth-order valence-electron chi connectivity index (χ4n) is 0.968. The monoisotopic (exact) mass is 246 g/mol. The number of methoxy groups -OCH3 is 1. The van der Waals surface area contributed by atoms with Gasteiger partial charge in [0.15, 0.2) is 0 Å². The number of ether oxygens (including phenoxy) is 1. The van der Waals surface area contributed by atoms with Crippen molar-refractivity contribution in [1.29, 1.82) is 0 Å². The van der Waals surface area contributed by atoms with E-state index in [9.17, 15) is 14.4 Å². The molecule has 0 bridgehead atoms. The molecule has 1 atom stereocenters. The number of carbonyl (C=O) groups excluding carboxylic acids is 2. The molecule has 0 aromatic rings. The molecule has 0 saturated carbocycles. The van der Waals surface area contributed by atoms with Crippen LogP contribution in [0.25, 0.3) is 0 Å². The fourth-order valence-corrected chi connectivity index (χ4v) is 0.968. The summed E-state index contributed by atoms with van der Waals surface area (Å²) in [6.45, 7) is 2.03. The molecule has 0 aromatic heterocycles. The number of carbonyl (C=O) groups is 3. The van der Waals surface area contributed by atoms with E-state index in [4.69, 9.17) is 5.11 Å². The van der Waals surface area contributed by atoms with Crippen LogP contribution in [0, 0.1) is 5.92 Å². The molecule has 2 amide bonds. The number of carboxylic acid groups (broad SMARTS) is 1. The van der Waals surface area contributed by atoms with Crippen LogP contribution >= 0.6 is 0 Å². The van der Waals surface area contributed by atoms with Crippen LogP contribution in [-0.4, -0.2) is 43.3 Å². The van der Waals surface area contributed by atoms with Gasteiger partial charge in [0.1, 0.15) is 0 Å². The summed E-state index contributed by atoms with van der Waals surface area (Å²) in [5, 5.41) is 13.5. The highest BCUT2D eigenvalue weighted by atomic mass is 16.5. The molecular weight excluding hydrogens is 228 g/mol. The van der Waals surface area contributed by atoms with Gasteiger partial charge >= 0.3 is 18.0 Å². The maximum absolute atomic E-state index is 11.1. The lowest BCUT2D eigenvalue weighted by atomic mass is 10.1. The second kappa shape index (κ2) is 8.37. The van der Waals surface area contributed by atoms with Crippen molar-refractivity contribution in [3.63, 3.8) is 0 Å². The normalized spacial score (nSPS) is 11.4. The molecule has 0 aliphatic heterocycles. The summed E-state index contributed by atoms with van der Waals surface area (Å²) in [5.41, 5.74) is 0. The summed E-state index contributed by atoms with van der Waals surface area (Å²) < 4.78 is 4.40. The lowest BCUT2D eigenvalue weighted by Gasteiger charge is -2.08.